The lowest BCUT2D eigenvalue weighted by Crippen LogP contribution is -1.88. The molecule has 22 heavy (non-hydrogen) atoms. The number of nitrogen functional groups attached to an aromatic ring is 2. The summed E-state index contributed by atoms with van der Waals surface area (Å²) in [7, 11) is 3.11. The van der Waals surface area contributed by atoms with Crippen molar-refractivity contribution in [3.8, 4) is 11.5 Å². The summed E-state index contributed by atoms with van der Waals surface area (Å²) in [6.45, 7) is 4.00. The third kappa shape index (κ3) is 4.37. The summed E-state index contributed by atoms with van der Waals surface area (Å²) in [5.41, 5.74) is 13.7. The van der Waals surface area contributed by atoms with Crippen molar-refractivity contribution in [1.82, 2.24) is 0 Å². The number of hydrogen-bond acceptors (Lipinski definition) is 6. The van der Waals surface area contributed by atoms with Gasteiger partial charge in [0.1, 0.15) is 22.9 Å². The second-order valence-electron chi connectivity index (χ2n) is 4.06. The van der Waals surface area contributed by atoms with Crippen molar-refractivity contribution >= 4 is 22.7 Å². The van der Waals surface area contributed by atoms with Crippen molar-refractivity contribution in [2.24, 2.45) is 10.2 Å². The van der Waals surface area contributed by atoms with Crippen LogP contribution in [0.5, 0.6) is 11.5 Å². The highest BCUT2D eigenvalue weighted by atomic mass is 16.5. The van der Waals surface area contributed by atoms with Crippen molar-refractivity contribution < 1.29 is 9.47 Å². The molecule has 2 aromatic carbocycles. The zero-order chi connectivity index (χ0) is 16.5. The SMILES string of the molecule is CC.COc1cc(N)ccc1N=Nc1ccc(N)cc1OC. The number of benzene rings is 2. The Morgan fingerprint density at radius 2 is 1.09 bits per heavy atom. The highest BCUT2D eigenvalue weighted by molar-refractivity contribution is 5.61. The van der Waals surface area contributed by atoms with Crippen LogP contribution in [0.2, 0.25) is 0 Å². The van der Waals surface area contributed by atoms with E-state index in [4.69, 9.17) is 20.9 Å². The van der Waals surface area contributed by atoms with Crippen molar-refractivity contribution in [1.29, 1.82) is 0 Å². The Balaban J connectivity index is 0.00000116. The van der Waals surface area contributed by atoms with E-state index in [1.165, 1.54) is 0 Å². The lowest BCUT2D eigenvalue weighted by Gasteiger charge is -2.06. The number of hydrogen-bond donors (Lipinski definition) is 2. The van der Waals surface area contributed by atoms with Crippen LogP contribution in [-0.2, 0) is 0 Å². The van der Waals surface area contributed by atoms with Gasteiger partial charge >= 0.3 is 0 Å². The van der Waals surface area contributed by atoms with Gasteiger partial charge in [0.05, 0.1) is 14.2 Å². The highest BCUT2D eigenvalue weighted by Crippen LogP contribution is 2.34. The fraction of sp³-hybridized carbons (Fsp3) is 0.250. The van der Waals surface area contributed by atoms with Crippen molar-refractivity contribution in [3.05, 3.63) is 36.4 Å². The molecule has 0 fully saturated rings. The largest absolute Gasteiger partial charge is 0.494 e. The number of rotatable bonds is 4. The van der Waals surface area contributed by atoms with E-state index >= 15 is 0 Å². The van der Waals surface area contributed by atoms with Crippen LogP contribution in [0.25, 0.3) is 0 Å². The molecule has 0 amide bonds. The Bertz CT molecular complexity index is 587. The summed E-state index contributed by atoms with van der Waals surface area (Å²) in [6.07, 6.45) is 0. The second-order valence-corrected chi connectivity index (χ2v) is 4.06. The van der Waals surface area contributed by atoms with Crippen LogP contribution in [-0.4, -0.2) is 14.2 Å². The summed E-state index contributed by atoms with van der Waals surface area (Å²) in [5.74, 6) is 1.12. The first kappa shape index (κ1) is 17.3. The van der Waals surface area contributed by atoms with Gasteiger partial charge in [-0.15, -0.1) is 10.2 Å². The molecule has 0 atom stereocenters. The molecule has 0 saturated heterocycles. The molecule has 0 spiro atoms. The lowest BCUT2D eigenvalue weighted by atomic mass is 10.2. The monoisotopic (exact) mass is 302 g/mol. The van der Waals surface area contributed by atoms with Crippen molar-refractivity contribution in [3.63, 3.8) is 0 Å². The molecule has 6 nitrogen and oxygen atoms in total. The molecular formula is C16H22N4O2. The zero-order valence-electron chi connectivity index (χ0n) is 13.3. The summed E-state index contributed by atoms with van der Waals surface area (Å²) in [4.78, 5) is 0. The average molecular weight is 302 g/mol. The van der Waals surface area contributed by atoms with Gasteiger partial charge in [0, 0.05) is 23.5 Å². The van der Waals surface area contributed by atoms with E-state index < -0.39 is 0 Å². The predicted octanol–water partition coefficient (Wildman–Crippen LogP) is 4.31. The molecular weight excluding hydrogens is 280 g/mol. The molecule has 118 valence electrons. The van der Waals surface area contributed by atoms with E-state index in [9.17, 15) is 0 Å². The van der Waals surface area contributed by atoms with Gasteiger partial charge in [0.2, 0.25) is 0 Å². The Kier molecular flexibility index (Phi) is 6.69. The van der Waals surface area contributed by atoms with E-state index in [1.54, 1.807) is 50.6 Å². The van der Waals surface area contributed by atoms with Gasteiger partial charge in [0.15, 0.2) is 0 Å². The number of methoxy groups -OCH3 is 2. The molecule has 2 rings (SSSR count). The highest BCUT2D eigenvalue weighted by Gasteiger charge is 2.05. The van der Waals surface area contributed by atoms with Crippen molar-refractivity contribution in [2.75, 3.05) is 25.7 Å². The zero-order valence-corrected chi connectivity index (χ0v) is 13.3. The average Bonchev–Trinajstić information content (AvgIpc) is 2.56. The predicted molar refractivity (Wildman–Crippen MR) is 90.3 cm³/mol. The van der Waals surface area contributed by atoms with Gasteiger partial charge in [-0.05, 0) is 24.3 Å². The van der Waals surface area contributed by atoms with Gasteiger partial charge in [-0.25, -0.2) is 0 Å². The Labute approximate surface area is 130 Å². The molecule has 0 saturated carbocycles. The van der Waals surface area contributed by atoms with Crippen LogP contribution in [0.3, 0.4) is 0 Å². The number of anilines is 2. The minimum atomic E-state index is 0.558. The first-order chi connectivity index (χ1) is 10.6. The normalized spacial score (nSPS) is 10.0. The topological polar surface area (TPSA) is 95.2 Å². The van der Waals surface area contributed by atoms with Crippen LogP contribution >= 0.6 is 0 Å². The maximum Gasteiger partial charge on any atom is 0.148 e. The molecule has 0 unspecified atom stereocenters. The van der Waals surface area contributed by atoms with Gasteiger partial charge in [0.25, 0.3) is 0 Å². The Hall–Kier alpha value is -2.76. The second kappa shape index (κ2) is 8.51. The first-order valence-electron chi connectivity index (χ1n) is 6.93. The van der Waals surface area contributed by atoms with E-state index in [1.807, 2.05) is 13.8 Å². The molecule has 4 N–H and O–H groups in total. The smallest absolute Gasteiger partial charge is 0.148 e. The Morgan fingerprint density at radius 3 is 1.41 bits per heavy atom. The molecule has 6 heteroatoms. The van der Waals surface area contributed by atoms with Crippen LogP contribution in [0.1, 0.15) is 13.8 Å². The number of ether oxygens (including phenoxy) is 2. The molecule has 0 bridgehead atoms. The maximum atomic E-state index is 5.69. The van der Waals surface area contributed by atoms with Crippen molar-refractivity contribution in [2.45, 2.75) is 13.8 Å². The molecule has 0 aromatic heterocycles. The third-order valence-electron chi connectivity index (χ3n) is 2.67. The third-order valence-corrected chi connectivity index (χ3v) is 2.67. The minimum Gasteiger partial charge on any atom is -0.494 e. The molecule has 0 aliphatic heterocycles. The van der Waals surface area contributed by atoms with Gasteiger partial charge in [-0.2, -0.15) is 0 Å². The summed E-state index contributed by atoms with van der Waals surface area (Å²) < 4.78 is 10.4. The van der Waals surface area contributed by atoms with E-state index in [-0.39, 0.29) is 0 Å². The number of nitrogens with two attached hydrogens (primary N) is 2. The molecule has 2 aromatic rings. The van der Waals surface area contributed by atoms with Gasteiger partial charge in [-0.3, -0.25) is 0 Å². The molecule has 0 aliphatic rings. The maximum absolute atomic E-state index is 5.69. The minimum absolute atomic E-state index is 0.558. The first-order valence-corrected chi connectivity index (χ1v) is 6.93. The van der Waals surface area contributed by atoms with E-state index in [0.717, 1.165) is 0 Å². The molecule has 0 radical (unpaired) electrons. The summed E-state index contributed by atoms with van der Waals surface area (Å²) in [6, 6.07) is 10.3. The molecule has 0 aliphatic carbocycles. The molecule has 0 heterocycles. The fourth-order valence-corrected chi connectivity index (χ4v) is 1.66. The van der Waals surface area contributed by atoms with Gasteiger partial charge in [-0.1, -0.05) is 13.8 Å². The summed E-state index contributed by atoms with van der Waals surface area (Å²) in [5, 5.41) is 8.30. The summed E-state index contributed by atoms with van der Waals surface area (Å²) >= 11 is 0. The quantitative estimate of drug-likeness (QED) is 0.649. The van der Waals surface area contributed by atoms with Crippen LogP contribution in [0.4, 0.5) is 22.7 Å². The standard InChI is InChI=1S/C14H16N4O2.C2H6/c1-19-13-7-9(15)3-5-11(13)17-18-12-6-4-10(16)8-14(12)20-2;1-2/h3-8H,15-16H2,1-2H3;1-2H3. The number of azo groups is 1. The van der Waals surface area contributed by atoms with Gasteiger partial charge < -0.3 is 20.9 Å². The fourth-order valence-electron chi connectivity index (χ4n) is 1.66. The van der Waals surface area contributed by atoms with E-state index in [2.05, 4.69) is 10.2 Å². The Morgan fingerprint density at radius 1 is 0.727 bits per heavy atom. The van der Waals surface area contributed by atoms with Crippen LogP contribution in [0, 0.1) is 0 Å². The van der Waals surface area contributed by atoms with Crippen LogP contribution in [0.15, 0.2) is 46.6 Å². The number of nitrogens with zero attached hydrogens (tertiary/aromatic N) is 2. The lowest BCUT2D eigenvalue weighted by molar-refractivity contribution is 0.414. The van der Waals surface area contributed by atoms with Crippen LogP contribution < -0.4 is 20.9 Å². The van der Waals surface area contributed by atoms with E-state index in [0.29, 0.717) is 34.2 Å².